The highest BCUT2D eigenvalue weighted by molar-refractivity contribution is 5.89. The van der Waals surface area contributed by atoms with Gasteiger partial charge in [-0.2, -0.15) is 4.98 Å². The van der Waals surface area contributed by atoms with Crippen LogP contribution in [-0.4, -0.2) is 22.6 Å². The first-order chi connectivity index (χ1) is 7.81. The van der Waals surface area contributed by atoms with E-state index in [9.17, 15) is 4.79 Å². The molecule has 0 aliphatic carbocycles. The summed E-state index contributed by atoms with van der Waals surface area (Å²) in [5.41, 5.74) is 0.821. The molecule has 0 atom stereocenters. The number of nitrogens with one attached hydrogen (secondary N) is 1. The topological polar surface area (TPSA) is 68.0 Å². The summed E-state index contributed by atoms with van der Waals surface area (Å²) < 4.78 is 4.86. The van der Waals surface area contributed by atoms with Gasteiger partial charge in [-0.25, -0.2) is 0 Å². The van der Waals surface area contributed by atoms with Crippen molar-refractivity contribution in [3.63, 3.8) is 0 Å². The summed E-state index contributed by atoms with van der Waals surface area (Å²) in [6.45, 7) is 2.36. The summed E-state index contributed by atoms with van der Waals surface area (Å²) in [6, 6.07) is 9.35. The van der Waals surface area contributed by atoms with Crippen LogP contribution in [0, 0.1) is 0 Å². The molecule has 0 aliphatic rings. The van der Waals surface area contributed by atoms with Crippen molar-refractivity contribution in [2.75, 3.05) is 6.54 Å². The number of amides is 1. The predicted molar refractivity (Wildman–Crippen MR) is 57.7 cm³/mol. The average Bonchev–Trinajstić information content (AvgIpc) is 2.80. The number of carbonyl (C=O) groups excluding carboxylic acids is 1. The molecule has 0 spiro atoms. The van der Waals surface area contributed by atoms with Crippen LogP contribution in [0.4, 0.5) is 0 Å². The highest BCUT2D eigenvalue weighted by atomic mass is 16.5. The van der Waals surface area contributed by atoms with E-state index in [2.05, 4.69) is 15.5 Å². The van der Waals surface area contributed by atoms with Crippen LogP contribution in [0.5, 0.6) is 0 Å². The Morgan fingerprint density at radius 1 is 1.38 bits per heavy atom. The molecule has 0 fully saturated rings. The third kappa shape index (κ3) is 2.08. The van der Waals surface area contributed by atoms with Gasteiger partial charge in [-0.15, -0.1) is 0 Å². The number of nitrogens with zero attached hydrogens (tertiary/aromatic N) is 2. The second kappa shape index (κ2) is 4.57. The van der Waals surface area contributed by atoms with Gasteiger partial charge < -0.3 is 9.84 Å². The summed E-state index contributed by atoms with van der Waals surface area (Å²) in [7, 11) is 0. The molecule has 1 amide bonds. The first-order valence-corrected chi connectivity index (χ1v) is 4.98. The minimum Gasteiger partial charge on any atom is -0.348 e. The maximum Gasteiger partial charge on any atom is 0.316 e. The lowest BCUT2D eigenvalue weighted by molar-refractivity contribution is 0.0912. The number of rotatable bonds is 3. The summed E-state index contributed by atoms with van der Waals surface area (Å²) in [4.78, 5) is 15.4. The number of aromatic nitrogens is 2. The second-order valence-electron chi connectivity index (χ2n) is 3.15. The van der Waals surface area contributed by atoms with Gasteiger partial charge in [0.1, 0.15) is 0 Å². The van der Waals surface area contributed by atoms with Crippen molar-refractivity contribution >= 4 is 5.91 Å². The minimum absolute atomic E-state index is 0.0132. The molecule has 82 valence electrons. The monoisotopic (exact) mass is 217 g/mol. The van der Waals surface area contributed by atoms with Gasteiger partial charge in [-0.05, 0) is 6.92 Å². The lowest BCUT2D eigenvalue weighted by Gasteiger charge is -1.93. The number of hydrogen-bond acceptors (Lipinski definition) is 4. The first-order valence-electron chi connectivity index (χ1n) is 4.98. The molecular formula is C11H11N3O2. The van der Waals surface area contributed by atoms with Crippen molar-refractivity contribution in [3.8, 4) is 11.4 Å². The molecule has 1 aromatic heterocycles. The Balaban J connectivity index is 2.23. The molecule has 1 aromatic carbocycles. The van der Waals surface area contributed by atoms with E-state index in [1.807, 2.05) is 37.3 Å². The Morgan fingerprint density at radius 3 is 2.81 bits per heavy atom. The van der Waals surface area contributed by atoms with E-state index in [4.69, 9.17) is 4.52 Å². The van der Waals surface area contributed by atoms with Gasteiger partial charge in [0, 0.05) is 12.1 Å². The molecule has 5 heteroatoms. The van der Waals surface area contributed by atoms with Crippen molar-refractivity contribution in [2.45, 2.75) is 6.92 Å². The third-order valence-corrected chi connectivity index (χ3v) is 1.99. The maximum absolute atomic E-state index is 11.4. The van der Waals surface area contributed by atoms with Gasteiger partial charge in [0.15, 0.2) is 0 Å². The van der Waals surface area contributed by atoms with Crippen LogP contribution < -0.4 is 5.32 Å². The molecule has 16 heavy (non-hydrogen) atoms. The van der Waals surface area contributed by atoms with Crippen molar-refractivity contribution in [1.82, 2.24) is 15.5 Å². The van der Waals surface area contributed by atoms with Gasteiger partial charge in [0.2, 0.25) is 5.82 Å². The fourth-order valence-electron chi connectivity index (χ4n) is 1.26. The Labute approximate surface area is 92.5 Å². The van der Waals surface area contributed by atoms with Gasteiger partial charge in [-0.1, -0.05) is 35.5 Å². The fraction of sp³-hybridized carbons (Fsp3) is 0.182. The lowest BCUT2D eigenvalue weighted by Crippen LogP contribution is -2.22. The van der Waals surface area contributed by atoms with Crippen LogP contribution in [0.2, 0.25) is 0 Å². The van der Waals surface area contributed by atoms with Gasteiger partial charge in [0.25, 0.3) is 0 Å². The Hall–Kier alpha value is -2.17. The van der Waals surface area contributed by atoms with E-state index in [1.165, 1.54) is 0 Å². The minimum atomic E-state index is -0.350. The van der Waals surface area contributed by atoms with E-state index in [1.54, 1.807) is 0 Å². The molecule has 2 aromatic rings. The molecule has 5 nitrogen and oxygen atoms in total. The van der Waals surface area contributed by atoms with Crippen LogP contribution in [0.3, 0.4) is 0 Å². The van der Waals surface area contributed by atoms with E-state index in [-0.39, 0.29) is 11.8 Å². The molecule has 1 N–H and O–H groups in total. The van der Waals surface area contributed by atoms with E-state index >= 15 is 0 Å². The largest absolute Gasteiger partial charge is 0.348 e. The zero-order valence-corrected chi connectivity index (χ0v) is 8.80. The Bertz CT molecular complexity index is 479. The van der Waals surface area contributed by atoms with E-state index < -0.39 is 0 Å². The van der Waals surface area contributed by atoms with Crippen LogP contribution >= 0.6 is 0 Å². The summed E-state index contributed by atoms with van der Waals surface area (Å²) in [5, 5.41) is 6.33. The SMILES string of the molecule is CCNC(=O)c1nc(-c2ccccc2)no1. The van der Waals surface area contributed by atoms with Crippen molar-refractivity contribution in [3.05, 3.63) is 36.2 Å². The number of hydrogen-bond donors (Lipinski definition) is 1. The molecule has 0 saturated heterocycles. The van der Waals surface area contributed by atoms with Crippen LogP contribution in [0.25, 0.3) is 11.4 Å². The van der Waals surface area contributed by atoms with Crippen molar-refractivity contribution in [1.29, 1.82) is 0 Å². The average molecular weight is 217 g/mol. The van der Waals surface area contributed by atoms with E-state index in [0.29, 0.717) is 12.4 Å². The molecule has 0 aliphatic heterocycles. The van der Waals surface area contributed by atoms with E-state index in [0.717, 1.165) is 5.56 Å². The third-order valence-electron chi connectivity index (χ3n) is 1.99. The van der Waals surface area contributed by atoms with Gasteiger partial charge in [0.05, 0.1) is 0 Å². The lowest BCUT2D eigenvalue weighted by atomic mass is 10.2. The van der Waals surface area contributed by atoms with Crippen molar-refractivity contribution < 1.29 is 9.32 Å². The highest BCUT2D eigenvalue weighted by Crippen LogP contribution is 2.14. The smallest absolute Gasteiger partial charge is 0.316 e. The summed E-state index contributed by atoms with van der Waals surface area (Å²) in [5.74, 6) is 0.0553. The predicted octanol–water partition coefficient (Wildman–Crippen LogP) is 1.49. The zero-order valence-electron chi connectivity index (χ0n) is 8.80. The van der Waals surface area contributed by atoms with Crippen LogP contribution in [-0.2, 0) is 0 Å². The molecule has 0 radical (unpaired) electrons. The molecule has 1 heterocycles. The quantitative estimate of drug-likeness (QED) is 0.845. The number of carbonyl (C=O) groups is 1. The Kier molecular flexibility index (Phi) is 2.95. The molecule has 2 rings (SSSR count). The standard InChI is InChI=1S/C11H11N3O2/c1-2-12-10(15)11-13-9(14-16-11)8-6-4-3-5-7-8/h3-7H,2H2,1H3,(H,12,15). The molecular weight excluding hydrogens is 206 g/mol. The first kappa shape index (κ1) is 10.4. The fourth-order valence-corrected chi connectivity index (χ4v) is 1.26. The summed E-state index contributed by atoms with van der Waals surface area (Å²) >= 11 is 0. The second-order valence-corrected chi connectivity index (χ2v) is 3.15. The highest BCUT2D eigenvalue weighted by Gasteiger charge is 2.14. The summed E-state index contributed by atoms with van der Waals surface area (Å²) in [6.07, 6.45) is 0. The van der Waals surface area contributed by atoms with Crippen molar-refractivity contribution in [2.24, 2.45) is 0 Å². The van der Waals surface area contributed by atoms with Crippen LogP contribution in [0.1, 0.15) is 17.6 Å². The Morgan fingerprint density at radius 2 is 2.12 bits per heavy atom. The molecule has 0 unspecified atom stereocenters. The normalized spacial score (nSPS) is 10.1. The van der Waals surface area contributed by atoms with Gasteiger partial charge >= 0.3 is 11.8 Å². The van der Waals surface area contributed by atoms with Gasteiger partial charge in [-0.3, -0.25) is 4.79 Å². The number of benzene rings is 1. The maximum atomic E-state index is 11.4. The molecule has 0 saturated carbocycles. The van der Waals surface area contributed by atoms with Crippen LogP contribution in [0.15, 0.2) is 34.9 Å². The molecule has 0 bridgehead atoms. The zero-order chi connectivity index (χ0) is 11.4.